The van der Waals surface area contributed by atoms with E-state index in [1.54, 1.807) is 0 Å². The number of sulfone groups is 2. The van der Waals surface area contributed by atoms with Crippen molar-refractivity contribution in [2.24, 2.45) is 0 Å². The zero-order valence-electron chi connectivity index (χ0n) is 12.6. The first kappa shape index (κ1) is 18.7. The molecule has 8 nitrogen and oxygen atoms in total. The standard InChI is InChI=1S/C12H20N4O4S2/c1-12(2,22(19,20)11(16-14)8-15-13)9-21(17,18)10-6-4-3-5-7-10/h8,10H,3-7,9H2,1-2H3. The van der Waals surface area contributed by atoms with Crippen molar-refractivity contribution in [3.8, 4) is 0 Å². The van der Waals surface area contributed by atoms with E-state index in [0.29, 0.717) is 19.1 Å². The Morgan fingerprint density at radius 1 is 1.14 bits per heavy atom. The fourth-order valence-corrected chi connectivity index (χ4v) is 6.81. The highest BCUT2D eigenvalue weighted by molar-refractivity contribution is 8.09. The lowest BCUT2D eigenvalue weighted by Crippen LogP contribution is -2.46. The molecule has 1 fully saturated rings. The van der Waals surface area contributed by atoms with Crippen LogP contribution in [0.15, 0.2) is 0 Å². The van der Waals surface area contributed by atoms with Gasteiger partial charge in [0.25, 0.3) is 9.84 Å². The van der Waals surface area contributed by atoms with Crippen molar-refractivity contribution in [3.63, 3.8) is 0 Å². The summed E-state index contributed by atoms with van der Waals surface area (Å²) in [5.41, 5.74) is 17.2. The third-order valence-corrected chi connectivity index (χ3v) is 9.01. The van der Waals surface area contributed by atoms with Crippen LogP contribution in [-0.2, 0) is 19.7 Å². The monoisotopic (exact) mass is 348 g/mol. The van der Waals surface area contributed by atoms with E-state index in [1.807, 2.05) is 0 Å². The quantitative estimate of drug-likeness (QED) is 0.314. The van der Waals surface area contributed by atoms with Crippen LogP contribution in [0.25, 0.3) is 11.1 Å². The number of nitrogens with zero attached hydrogens (tertiary/aromatic N) is 4. The van der Waals surface area contributed by atoms with Gasteiger partial charge in [-0.3, -0.25) is 0 Å². The average Bonchev–Trinajstić information content (AvgIpc) is 2.44. The Morgan fingerprint density at radius 3 is 2.14 bits per heavy atom. The Balaban J connectivity index is 3.13. The molecule has 0 spiro atoms. The Kier molecular flexibility index (Phi) is 5.81. The van der Waals surface area contributed by atoms with Crippen LogP contribution >= 0.6 is 0 Å². The van der Waals surface area contributed by atoms with Crippen LogP contribution in [-0.4, -0.2) is 53.4 Å². The molecule has 1 rings (SSSR count). The van der Waals surface area contributed by atoms with Gasteiger partial charge < -0.3 is 11.1 Å². The Labute approximate surface area is 130 Å². The predicted molar refractivity (Wildman–Crippen MR) is 82.0 cm³/mol. The SMILES string of the molecule is CC(C)(CS(=O)(=O)C1CCCCC1)S(=O)(=O)C(C=[N+]=[N-])=[N+]=[N-]. The van der Waals surface area contributed by atoms with Crippen LogP contribution in [0.1, 0.15) is 46.0 Å². The van der Waals surface area contributed by atoms with Crippen LogP contribution in [0.2, 0.25) is 0 Å². The molecule has 1 aliphatic rings. The van der Waals surface area contributed by atoms with E-state index in [1.165, 1.54) is 13.8 Å². The summed E-state index contributed by atoms with van der Waals surface area (Å²) in [4.78, 5) is 5.11. The molecule has 0 unspecified atom stereocenters. The van der Waals surface area contributed by atoms with E-state index in [0.717, 1.165) is 19.3 Å². The fraction of sp³-hybridized carbons (Fsp3) is 0.833. The van der Waals surface area contributed by atoms with Gasteiger partial charge in [0.15, 0.2) is 9.84 Å². The molecular weight excluding hydrogens is 328 g/mol. The highest BCUT2D eigenvalue weighted by Gasteiger charge is 2.49. The number of hydrogen-bond donors (Lipinski definition) is 0. The average molecular weight is 348 g/mol. The van der Waals surface area contributed by atoms with Gasteiger partial charge in [0.2, 0.25) is 0 Å². The van der Waals surface area contributed by atoms with E-state index >= 15 is 0 Å². The minimum Gasteiger partial charge on any atom is -0.361 e. The maximum Gasteiger partial charge on any atom is 0.485 e. The first-order valence-electron chi connectivity index (χ1n) is 6.94. The van der Waals surface area contributed by atoms with E-state index in [4.69, 9.17) is 11.1 Å². The van der Waals surface area contributed by atoms with Gasteiger partial charge >= 0.3 is 11.3 Å². The molecule has 22 heavy (non-hydrogen) atoms. The fourth-order valence-electron chi connectivity index (χ4n) is 2.59. The molecule has 0 aliphatic heterocycles. The van der Waals surface area contributed by atoms with Gasteiger partial charge in [-0.1, -0.05) is 19.3 Å². The maximum absolute atomic E-state index is 12.5. The van der Waals surface area contributed by atoms with Gasteiger partial charge in [-0.2, -0.15) is 4.79 Å². The molecule has 10 heteroatoms. The summed E-state index contributed by atoms with van der Waals surface area (Å²) in [7, 11) is -7.88. The second kappa shape index (κ2) is 6.83. The highest BCUT2D eigenvalue weighted by atomic mass is 32.2. The van der Waals surface area contributed by atoms with Gasteiger partial charge in [0.05, 0.1) is 15.7 Å². The van der Waals surface area contributed by atoms with Crippen molar-refractivity contribution >= 4 is 30.9 Å². The van der Waals surface area contributed by atoms with Gasteiger partial charge in [0, 0.05) is 0 Å². The van der Waals surface area contributed by atoms with Crippen molar-refractivity contribution in [2.75, 3.05) is 5.75 Å². The van der Waals surface area contributed by atoms with Crippen molar-refractivity contribution in [3.05, 3.63) is 11.1 Å². The topological polar surface area (TPSA) is 141 Å². The predicted octanol–water partition coefficient (Wildman–Crippen LogP) is 0.856. The third-order valence-electron chi connectivity index (χ3n) is 3.88. The molecule has 0 saturated heterocycles. The summed E-state index contributed by atoms with van der Waals surface area (Å²) in [6, 6.07) is 0. The molecule has 0 aromatic carbocycles. The second-order valence-corrected chi connectivity index (χ2v) is 10.8. The molecule has 124 valence electrons. The van der Waals surface area contributed by atoms with E-state index in [2.05, 4.69) is 9.58 Å². The molecule has 0 bridgehead atoms. The van der Waals surface area contributed by atoms with Crippen LogP contribution < -0.4 is 0 Å². The van der Waals surface area contributed by atoms with E-state index in [-0.39, 0.29) is 0 Å². The normalized spacial score (nSPS) is 17.4. The zero-order chi connectivity index (χ0) is 17.0. The van der Waals surface area contributed by atoms with Gasteiger partial charge in [-0.15, -0.1) is 4.79 Å². The smallest absolute Gasteiger partial charge is 0.361 e. The van der Waals surface area contributed by atoms with Crippen LogP contribution in [0.5, 0.6) is 0 Å². The van der Waals surface area contributed by atoms with Gasteiger partial charge in [-0.05, 0) is 26.7 Å². The van der Waals surface area contributed by atoms with Crippen LogP contribution in [0.3, 0.4) is 0 Å². The summed E-state index contributed by atoms with van der Waals surface area (Å²) in [5, 5.41) is -1.41. The minimum absolute atomic E-state index is 0.463. The molecule has 1 aliphatic carbocycles. The van der Waals surface area contributed by atoms with Crippen molar-refractivity contribution in [1.29, 1.82) is 0 Å². The van der Waals surface area contributed by atoms with Crippen LogP contribution in [0, 0.1) is 0 Å². The van der Waals surface area contributed by atoms with Crippen molar-refractivity contribution in [2.45, 2.75) is 55.9 Å². The Bertz CT molecular complexity index is 721. The zero-order valence-corrected chi connectivity index (χ0v) is 14.3. The lowest BCUT2D eigenvalue weighted by molar-refractivity contribution is -0.0154. The van der Waals surface area contributed by atoms with Crippen molar-refractivity contribution < 1.29 is 26.4 Å². The first-order valence-corrected chi connectivity index (χ1v) is 10.1. The highest BCUT2D eigenvalue weighted by Crippen LogP contribution is 2.28. The number of rotatable bonds is 5. The molecule has 0 radical (unpaired) electrons. The summed E-state index contributed by atoms with van der Waals surface area (Å²) in [5.74, 6) is -0.578. The molecule has 0 N–H and O–H groups in total. The summed E-state index contributed by atoms with van der Waals surface area (Å²) in [6.45, 7) is 2.50. The first-order chi connectivity index (χ1) is 10.1. The van der Waals surface area contributed by atoms with Crippen molar-refractivity contribution in [1.82, 2.24) is 0 Å². The summed E-state index contributed by atoms with van der Waals surface area (Å²) in [6.07, 6.45) is 4.16. The van der Waals surface area contributed by atoms with Crippen LogP contribution in [0.4, 0.5) is 0 Å². The van der Waals surface area contributed by atoms with E-state index < -0.39 is 40.5 Å². The molecule has 0 amide bonds. The molecule has 0 aromatic rings. The summed E-state index contributed by atoms with van der Waals surface area (Å²) >= 11 is 0. The lowest BCUT2D eigenvalue weighted by atomic mass is 10.0. The van der Waals surface area contributed by atoms with Gasteiger partial charge in [-0.25, -0.2) is 16.8 Å². The maximum atomic E-state index is 12.5. The largest absolute Gasteiger partial charge is 0.485 e. The molecule has 0 heterocycles. The summed E-state index contributed by atoms with van der Waals surface area (Å²) < 4.78 is 48.0. The van der Waals surface area contributed by atoms with E-state index in [9.17, 15) is 16.8 Å². The second-order valence-electron chi connectivity index (χ2n) is 6.01. The van der Waals surface area contributed by atoms with Gasteiger partial charge in [0.1, 0.15) is 0 Å². The molecule has 0 atom stereocenters. The Morgan fingerprint density at radius 2 is 1.68 bits per heavy atom. The minimum atomic E-state index is -4.27. The number of hydrogen-bond acceptors (Lipinski definition) is 4. The lowest BCUT2D eigenvalue weighted by Gasteiger charge is -2.27. The molecular formula is C12H20N4O4S2. The molecule has 1 saturated carbocycles. The molecule has 0 aromatic heterocycles. The third kappa shape index (κ3) is 3.89. The Hall–Kier alpha value is -1.34.